The predicted molar refractivity (Wildman–Crippen MR) is 71.5 cm³/mol. The molecule has 0 spiro atoms. The van der Waals surface area contributed by atoms with E-state index in [9.17, 15) is 10.1 Å². The zero-order valence-electron chi connectivity index (χ0n) is 10.1. The fraction of sp³-hybridized carbons (Fsp3) is 0.500. The van der Waals surface area contributed by atoms with Crippen molar-refractivity contribution in [2.24, 2.45) is 0 Å². The summed E-state index contributed by atoms with van der Waals surface area (Å²) in [6.45, 7) is 3.94. The Morgan fingerprint density at radius 3 is 3.00 bits per heavy atom. The Balaban J connectivity index is 2.11. The molecule has 0 saturated carbocycles. The van der Waals surface area contributed by atoms with Gasteiger partial charge in [-0.25, -0.2) is 0 Å². The lowest BCUT2D eigenvalue weighted by Gasteiger charge is -2.23. The molecule has 18 heavy (non-hydrogen) atoms. The Morgan fingerprint density at radius 2 is 2.39 bits per heavy atom. The lowest BCUT2D eigenvalue weighted by molar-refractivity contribution is -0.385. The van der Waals surface area contributed by atoms with Crippen molar-refractivity contribution < 1.29 is 9.66 Å². The molecule has 0 bridgehead atoms. The number of hydrogen-bond acceptors (Lipinski definition) is 4. The maximum absolute atomic E-state index is 11.0. The van der Waals surface area contributed by atoms with Gasteiger partial charge in [-0.1, -0.05) is 15.9 Å². The first kappa shape index (κ1) is 13.5. The van der Waals surface area contributed by atoms with Crippen LogP contribution in [0.5, 0.6) is 0 Å². The minimum absolute atomic E-state index is 0.0824. The molecule has 0 amide bonds. The van der Waals surface area contributed by atoms with E-state index in [0.717, 1.165) is 13.0 Å². The van der Waals surface area contributed by atoms with Crippen LogP contribution >= 0.6 is 15.9 Å². The van der Waals surface area contributed by atoms with Gasteiger partial charge < -0.3 is 10.1 Å². The highest BCUT2D eigenvalue weighted by atomic mass is 79.9. The number of halogens is 1. The third-order valence-electron chi connectivity index (χ3n) is 3.17. The van der Waals surface area contributed by atoms with E-state index in [-0.39, 0.29) is 16.1 Å². The Bertz CT molecular complexity index is 459. The molecule has 1 aromatic rings. The van der Waals surface area contributed by atoms with E-state index >= 15 is 0 Å². The van der Waals surface area contributed by atoms with Crippen LogP contribution in [-0.2, 0) is 11.3 Å². The summed E-state index contributed by atoms with van der Waals surface area (Å²) in [6.07, 6.45) is 0.928. The molecule has 1 aliphatic rings. The van der Waals surface area contributed by atoms with Crippen LogP contribution in [0.15, 0.2) is 22.7 Å². The van der Waals surface area contributed by atoms with Crippen LogP contribution < -0.4 is 5.32 Å². The molecule has 1 saturated heterocycles. The van der Waals surface area contributed by atoms with Gasteiger partial charge in [-0.2, -0.15) is 0 Å². The molecule has 0 aliphatic carbocycles. The molecule has 1 N–H and O–H groups in total. The summed E-state index contributed by atoms with van der Waals surface area (Å²) in [4.78, 5) is 10.6. The molecule has 1 fully saturated rings. The second-order valence-electron chi connectivity index (χ2n) is 4.75. The van der Waals surface area contributed by atoms with Gasteiger partial charge >= 0.3 is 0 Å². The van der Waals surface area contributed by atoms with E-state index in [1.54, 1.807) is 6.07 Å². The molecule has 98 valence electrons. The summed E-state index contributed by atoms with van der Waals surface area (Å²) in [6, 6.07) is 5.12. The highest BCUT2D eigenvalue weighted by Crippen LogP contribution is 2.25. The molecular weight excluding hydrogens is 300 g/mol. The summed E-state index contributed by atoms with van der Waals surface area (Å²) in [7, 11) is 0. The predicted octanol–water partition coefficient (Wildman–Crippen LogP) is 2.63. The van der Waals surface area contributed by atoms with Crippen molar-refractivity contribution in [1.29, 1.82) is 0 Å². The van der Waals surface area contributed by atoms with Crippen molar-refractivity contribution in [3.05, 3.63) is 38.3 Å². The van der Waals surface area contributed by atoms with Crippen LogP contribution in [0.2, 0.25) is 0 Å². The lowest BCUT2D eigenvalue weighted by atomic mass is 10.0. The van der Waals surface area contributed by atoms with Gasteiger partial charge in [0.2, 0.25) is 0 Å². The second kappa shape index (κ2) is 5.34. The van der Waals surface area contributed by atoms with E-state index in [2.05, 4.69) is 28.2 Å². The number of nitrogens with one attached hydrogen (secondary N) is 1. The fourth-order valence-corrected chi connectivity index (χ4v) is 2.32. The Hall–Kier alpha value is -0.980. The standard InChI is InChI=1S/C12H15BrN2O3/c1-12(4-5-18-8-12)14-7-9-2-3-10(13)6-11(9)15(16)17/h2-3,6,14H,4-5,7-8H2,1H3. The first-order valence-corrected chi connectivity index (χ1v) is 6.55. The zero-order valence-corrected chi connectivity index (χ0v) is 11.7. The van der Waals surface area contributed by atoms with Crippen molar-refractivity contribution in [1.82, 2.24) is 5.32 Å². The monoisotopic (exact) mass is 314 g/mol. The molecule has 1 atom stereocenters. The summed E-state index contributed by atoms with van der Waals surface area (Å²) in [5.74, 6) is 0. The number of nitro benzene ring substituents is 1. The van der Waals surface area contributed by atoms with Crippen molar-refractivity contribution in [2.45, 2.75) is 25.4 Å². The van der Waals surface area contributed by atoms with Gasteiger partial charge in [0.15, 0.2) is 0 Å². The molecule has 2 rings (SSSR count). The number of benzene rings is 1. The van der Waals surface area contributed by atoms with E-state index < -0.39 is 0 Å². The van der Waals surface area contributed by atoms with Gasteiger partial charge in [0.05, 0.1) is 11.5 Å². The van der Waals surface area contributed by atoms with Gasteiger partial charge in [0.1, 0.15) is 0 Å². The average molecular weight is 315 g/mol. The van der Waals surface area contributed by atoms with Crippen molar-refractivity contribution in [2.75, 3.05) is 13.2 Å². The smallest absolute Gasteiger partial charge is 0.275 e. The zero-order chi connectivity index (χ0) is 13.2. The maximum Gasteiger partial charge on any atom is 0.275 e. The van der Waals surface area contributed by atoms with Gasteiger partial charge in [0, 0.05) is 34.8 Å². The second-order valence-corrected chi connectivity index (χ2v) is 5.66. The lowest BCUT2D eigenvalue weighted by Crippen LogP contribution is -2.42. The van der Waals surface area contributed by atoms with Gasteiger partial charge in [-0.15, -0.1) is 0 Å². The molecule has 0 aromatic heterocycles. The molecule has 1 heterocycles. The molecule has 6 heteroatoms. The number of ether oxygens (including phenoxy) is 1. The number of nitro groups is 1. The Kier molecular flexibility index (Phi) is 3.99. The molecule has 1 unspecified atom stereocenters. The van der Waals surface area contributed by atoms with Crippen molar-refractivity contribution >= 4 is 21.6 Å². The van der Waals surface area contributed by atoms with E-state index in [1.165, 1.54) is 6.07 Å². The van der Waals surface area contributed by atoms with E-state index in [1.807, 2.05) is 6.07 Å². The van der Waals surface area contributed by atoms with Gasteiger partial charge in [-0.05, 0) is 25.5 Å². The summed E-state index contributed by atoms with van der Waals surface area (Å²) in [5, 5.41) is 14.3. The number of nitrogens with zero attached hydrogens (tertiary/aromatic N) is 1. The van der Waals surface area contributed by atoms with Crippen LogP contribution in [-0.4, -0.2) is 23.7 Å². The highest BCUT2D eigenvalue weighted by molar-refractivity contribution is 9.10. The molecule has 1 aliphatic heterocycles. The van der Waals surface area contributed by atoms with E-state index in [0.29, 0.717) is 23.2 Å². The third-order valence-corrected chi connectivity index (χ3v) is 3.66. The van der Waals surface area contributed by atoms with Crippen molar-refractivity contribution in [3.63, 3.8) is 0 Å². The topological polar surface area (TPSA) is 64.4 Å². The van der Waals surface area contributed by atoms with Crippen molar-refractivity contribution in [3.8, 4) is 0 Å². The summed E-state index contributed by atoms with van der Waals surface area (Å²) >= 11 is 3.25. The van der Waals surface area contributed by atoms with Crippen LogP contribution in [0, 0.1) is 10.1 Å². The van der Waals surface area contributed by atoms with Crippen LogP contribution in [0.1, 0.15) is 18.9 Å². The fourth-order valence-electron chi connectivity index (χ4n) is 1.97. The minimum atomic E-state index is -0.352. The third kappa shape index (κ3) is 3.07. The largest absolute Gasteiger partial charge is 0.379 e. The minimum Gasteiger partial charge on any atom is -0.379 e. The molecule has 5 nitrogen and oxygen atoms in total. The van der Waals surface area contributed by atoms with Crippen LogP contribution in [0.3, 0.4) is 0 Å². The van der Waals surface area contributed by atoms with Gasteiger partial charge in [-0.3, -0.25) is 10.1 Å². The number of hydrogen-bond donors (Lipinski definition) is 1. The first-order chi connectivity index (χ1) is 8.50. The Labute approximate surface area is 114 Å². The normalized spacial score (nSPS) is 23.2. The average Bonchev–Trinajstić information content (AvgIpc) is 2.75. The molecule has 0 radical (unpaired) electrons. The van der Waals surface area contributed by atoms with Gasteiger partial charge in [0.25, 0.3) is 5.69 Å². The Morgan fingerprint density at radius 1 is 1.61 bits per heavy atom. The van der Waals surface area contributed by atoms with E-state index in [4.69, 9.17) is 4.74 Å². The number of rotatable bonds is 4. The summed E-state index contributed by atoms with van der Waals surface area (Å²) < 4.78 is 6.06. The molecule has 1 aromatic carbocycles. The summed E-state index contributed by atoms with van der Waals surface area (Å²) in [5.41, 5.74) is 0.747. The quantitative estimate of drug-likeness (QED) is 0.685. The first-order valence-electron chi connectivity index (χ1n) is 5.76. The van der Waals surface area contributed by atoms with Crippen LogP contribution in [0.4, 0.5) is 5.69 Å². The SMILES string of the molecule is CC1(NCc2ccc(Br)cc2[N+](=O)[O-])CCOC1. The molecular formula is C12H15BrN2O3. The maximum atomic E-state index is 11.0. The van der Waals surface area contributed by atoms with Crippen LogP contribution in [0.25, 0.3) is 0 Å². The highest BCUT2D eigenvalue weighted by Gasteiger charge is 2.29.